The molecular formula is C9H20NO3P. The molecule has 0 bridgehead atoms. The first kappa shape index (κ1) is 13.7. The summed E-state index contributed by atoms with van der Waals surface area (Å²) in [5.74, 6) is -1.03. The first-order chi connectivity index (χ1) is 6.45. The molecule has 3 N–H and O–H groups in total. The molecule has 0 aliphatic carbocycles. The summed E-state index contributed by atoms with van der Waals surface area (Å²) in [4.78, 5) is 10.8. The van der Waals surface area contributed by atoms with Crippen LogP contribution in [0.3, 0.4) is 0 Å². The van der Waals surface area contributed by atoms with Gasteiger partial charge in [0.05, 0.1) is 0 Å². The van der Waals surface area contributed by atoms with Crippen LogP contribution in [0.15, 0.2) is 0 Å². The summed E-state index contributed by atoms with van der Waals surface area (Å²) in [5.41, 5.74) is 4.73. The van der Waals surface area contributed by atoms with Gasteiger partial charge in [-0.25, -0.2) is 0 Å². The van der Waals surface area contributed by atoms with Crippen LogP contribution in [0.4, 0.5) is 0 Å². The molecule has 0 saturated carbocycles. The van der Waals surface area contributed by atoms with Gasteiger partial charge in [-0.2, -0.15) is 0 Å². The lowest BCUT2D eigenvalue weighted by Gasteiger charge is -2.19. The molecule has 84 valence electrons. The Labute approximate surface area is 85.3 Å². The quantitative estimate of drug-likeness (QED) is 0.510. The number of carboxylic acids is 1. The van der Waals surface area contributed by atoms with Crippen molar-refractivity contribution in [1.29, 1.82) is 0 Å². The molecule has 0 amide bonds. The first-order valence-electron chi connectivity index (χ1n) is 5.05. The number of nitrogens with two attached hydrogens (primary N) is 1. The molecule has 4 nitrogen and oxygen atoms in total. The van der Waals surface area contributed by atoms with E-state index in [4.69, 9.17) is 10.6 Å². The van der Waals surface area contributed by atoms with Crippen LogP contribution < -0.4 is 5.50 Å². The zero-order chi connectivity index (χ0) is 11.2. The summed E-state index contributed by atoms with van der Waals surface area (Å²) >= 11 is 0. The molecule has 0 aromatic heterocycles. The van der Waals surface area contributed by atoms with E-state index >= 15 is 0 Å². The zero-order valence-corrected chi connectivity index (χ0v) is 9.80. The number of carbonyl (C=O) groups is 1. The molecule has 0 fully saturated rings. The predicted octanol–water partition coefficient (Wildman–Crippen LogP) is 2.28. The van der Waals surface area contributed by atoms with E-state index in [1.807, 2.05) is 6.92 Å². The van der Waals surface area contributed by atoms with Crippen LogP contribution in [-0.2, 0) is 9.36 Å². The standard InChI is InChI=1S/C9H20NO3P/c1-3-5-6-7-14(10,13)8(4-2)9(11)12/h8H,3-7H2,1-2H3,(H2,10,13)(H,11,12). The fraction of sp³-hybridized carbons (Fsp3) is 0.889. The maximum atomic E-state index is 11.9. The summed E-state index contributed by atoms with van der Waals surface area (Å²) in [6.07, 6.45) is 3.43. The van der Waals surface area contributed by atoms with Gasteiger partial charge in [0.25, 0.3) is 0 Å². The van der Waals surface area contributed by atoms with Gasteiger partial charge in [-0.15, -0.1) is 0 Å². The van der Waals surface area contributed by atoms with E-state index in [9.17, 15) is 9.36 Å². The highest BCUT2D eigenvalue weighted by atomic mass is 31.2. The predicted molar refractivity (Wildman–Crippen MR) is 57.9 cm³/mol. The summed E-state index contributed by atoms with van der Waals surface area (Å²) in [6.45, 7) is 3.74. The van der Waals surface area contributed by atoms with Gasteiger partial charge >= 0.3 is 5.97 Å². The van der Waals surface area contributed by atoms with Gasteiger partial charge in [0.15, 0.2) is 7.29 Å². The van der Waals surface area contributed by atoms with Crippen molar-refractivity contribution in [2.45, 2.75) is 45.2 Å². The highest BCUT2D eigenvalue weighted by Gasteiger charge is 2.32. The van der Waals surface area contributed by atoms with Crippen LogP contribution in [0.5, 0.6) is 0 Å². The minimum atomic E-state index is -2.99. The second-order valence-corrected chi connectivity index (χ2v) is 6.33. The van der Waals surface area contributed by atoms with Gasteiger partial charge < -0.3 is 9.67 Å². The van der Waals surface area contributed by atoms with Crippen LogP contribution >= 0.6 is 7.29 Å². The monoisotopic (exact) mass is 221 g/mol. The first-order valence-corrected chi connectivity index (χ1v) is 7.08. The number of hydrogen-bond acceptors (Lipinski definition) is 2. The fourth-order valence-corrected chi connectivity index (χ4v) is 3.46. The van der Waals surface area contributed by atoms with Crippen molar-refractivity contribution >= 4 is 13.3 Å². The zero-order valence-electron chi connectivity index (χ0n) is 8.90. The summed E-state index contributed by atoms with van der Waals surface area (Å²) in [6, 6.07) is 0. The van der Waals surface area contributed by atoms with E-state index in [-0.39, 0.29) is 0 Å². The molecule has 0 spiro atoms. The molecule has 0 aliphatic heterocycles. The van der Waals surface area contributed by atoms with Gasteiger partial charge in [-0.3, -0.25) is 10.3 Å². The van der Waals surface area contributed by atoms with E-state index in [0.29, 0.717) is 12.6 Å². The Bertz CT molecular complexity index is 230. The molecule has 0 heterocycles. The van der Waals surface area contributed by atoms with Gasteiger partial charge in [0.2, 0.25) is 0 Å². The molecule has 0 aromatic carbocycles. The Morgan fingerprint density at radius 3 is 2.36 bits per heavy atom. The summed E-state index contributed by atoms with van der Waals surface area (Å²) in [7, 11) is -2.99. The lowest BCUT2D eigenvalue weighted by molar-refractivity contribution is -0.136. The Hall–Kier alpha value is -0.340. The van der Waals surface area contributed by atoms with E-state index in [2.05, 4.69) is 0 Å². The third kappa shape index (κ3) is 4.25. The highest BCUT2D eigenvalue weighted by molar-refractivity contribution is 7.63. The maximum Gasteiger partial charge on any atom is 0.315 e. The molecular weight excluding hydrogens is 201 g/mol. The minimum absolute atomic E-state index is 0.342. The molecule has 14 heavy (non-hydrogen) atoms. The molecule has 0 radical (unpaired) electrons. The minimum Gasteiger partial charge on any atom is -0.481 e. The van der Waals surface area contributed by atoms with Crippen LogP contribution in [0.25, 0.3) is 0 Å². The van der Waals surface area contributed by atoms with E-state index in [0.717, 1.165) is 19.3 Å². The largest absolute Gasteiger partial charge is 0.481 e. The number of unbranched alkanes of at least 4 members (excludes halogenated alkanes) is 2. The third-order valence-electron chi connectivity index (χ3n) is 2.31. The van der Waals surface area contributed by atoms with Gasteiger partial charge in [0.1, 0.15) is 5.66 Å². The normalized spacial score (nSPS) is 17.4. The fourth-order valence-electron chi connectivity index (χ4n) is 1.44. The summed E-state index contributed by atoms with van der Waals surface area (Å²) < 4.78 is 11.9. The maximum absolute atomic E-state index is 11.9. The Balaban J connectivity index is 4.27. The Morgan fingerprint density at radius 1 is 1.43 bits per heavy atom. The van der Waals surface area contributed by atoms with Crippen molar-refractivity contribution in [3.05, 3.63) is 0 Å². The molecule has 0 aromatic rings. The number of hydrogen-bond donors (Lipinski definition) is 2. The van der Waals surface area contributed by atoms with Crippen molar-refractivity contribution in [2.75, 3.05) is 6.16 Å². The van der Waals surface area contributed by atoms with Crippen LogP contribution in [0.1, 0.15) is 39.5 Å². The highest BCUT2D eigenvalue weighted by Crippen LogP contribution is 2.44. The van der Waals surface area contributed by atoms with Gasteiger partial charge in [-0.05, 0) is 12.8 Å². The van der Waals surface area contributed by atoms with Gasteiger partial charge in [-0.1, -0.05) is 26.7 Å². The summed E-state index contributed by atoms with van der Waals surface area (Å²) in [5, 5.41) is 8.81. The number of rotatable bonds is 7. The molecule has 0 aliphatic rings. The average molecular weight is 221 g/mol. The Kier molecular flexibility index (Phi) is 6.05. The Morgan fingerprint density at radius 2 is 2.00 bits per heavy atom. The number of carboxylic acid groups (broad SMARTS) is 1. The lowest BCUT2D eigenvalue weighted by Crippen LogP contribution is -2.25. The average Bonchev–Trinajstić information content (AvgIpc) is 2.04. The SMILES string of the molecule is CCCCCP(N)(=O)C(CC)C(=O)O. The second kappa shape index (κ2) is 6.20. The van der Waals surface area contributed by atoms with Crippen LogP contribution in [0.2, 0.25) is 0 Å². The van der Waals surface area contributed by atoms with Crippen LogP contribution in [-0.4, -0.2) is 22.9 Å². The number of aliphatic carboxylic acids is 1. The lowest BCUT2D eigenvalue weighted by atomic mass is 10.3. The van der Waals surface area contributed by atoms with E-state index in [1.54, 1.807) is 6.92 Å². The van der Waals surface area contributed by atoms with Crippen molar-refractivity contribution in [2.24, 2.45) is 5.50 Å². The molecule has 0 saturated heterocycles. The van der Waals surface area contributed by atoms with Gasteiger partial charge in [0, 0.05) is 6.16 Å². The van der Waals surface area contributed by atoms with Crippen molar-refractivity contribution in [1.82, 2.24) is 0 Å². The van der Waals surface area contributed by atoms with E-state index in [1.165, 1.54) is 0 Å². The topological polar surface area (TPSA) is 80.4 Å². The molecule has 5 heteroatoms. The van der Waals surface area contributed by atoms with E-state index < -0.39 is 18.9 Å². The molecule has 0 rings (SSSR count). The van der Waals surface area contributed by atoms with Crippen molar-refractivity contribution in [3.63, 3.8) is 0 Å². The molecule has 2 atom stereocenters. The molecule has 2 unspecified atom stereocenters. The smallest absolute Gasteiger partial charge is 0.315 e. The van der Waals surface area contributed by atoms with Crippen molar-refractivity contribution in [3.8, 4) is 0 Å². The van der Waals surface area contributed by atoms with Crippen molar-refractivity contribution < 1.29 is 14.5 Å². The third-order valence-corrected chi connectivity index (χ3v) is 4.97. The second-order valence-electron chi connectivity index (χ2n) is 3.55. The van der Waals surface area contributed by atoms with Crippen LogP contribution in [0, 0.1) is 0 Å².